The zero-order valence-corrected chi connectivity index (χ0v) is 15.0. The van der Waals surface area contributed by atoms with Crippen molar-refractivity contribution in [2.45, 2.75) is 13.3 Å². The molecule has 0 radical (unpaired) electrons. The van der Waals surface area contributed by atoms with E-state index in [1.54, 1.807) is 18.2 Å². The van der Waals surface area contributed by atoms with E-state index < -0.39 is 4.92 Å². The number of anilines is 1. The highest BCUT2D eigenvalue weighted by Crippen LogP contribution is 2.37. The lowest BCUT2D eigenvalue weighted by Gasteiger charge is -2.17. The first-order chi connectivity index (χ1) is 12.0. The summed E-state index contributed by atoms with van der Waals surface area (Å²) in [5, 5.41) is 10.9. The monoisotopic (exact) mass is 370 g/mol. The van der Waals surface area contributed by atoms with Crippen LogP contribution in [0, 0.1) is 10.1 Å². The van der Waals surface area contributed by atoms with Crippen molar-refractivity contribution >= 4 is 51.7 Å². The van der Waals surface area contributed by atoms with Gasteiger partial charge in [-0.05, 0) is 29.7 Å². The average molecular weight is 370 g/mol. The van der Waals surface area contributed by atoms with Gasteiger partial charge in [0.15, 0.2) is 4.32 Å². The van der Waals surface area contributed by atoms with Gasteiger partial charge in [0.1, 0.15) is 0 Å². The highest BCUT2D eigenvalue weighted by molar-refractivity contribution is 8.27. The number of nitro groups is 1. The van der Waals surface area contributed by atoms with Crippen LogP contribution in [0.15, 0.2) is 53.4 Å². The van der Waals surface area contributed by atoms with E-state index in [9.17, 15) is 14.9 Å². The lowest BCUT2D eigenvalue weighted by Crippen LogP contribution is -2.28. The molecule has 1 saturated heterocycles. The Labute approximate surface area is 154 Å². The quantitative estimate of drug-likeness (QED) is 0.342. The summed E-state index contributed by atoms with van der Waals surface area (Å²) in [7, 11) is 0. The molecule has 0 aliphatic carbocycles. The van der Waals surface area contributed by atoms with Gasteiger partial charge in [0, 0.05) is 12.1 Å². The van der Waals surface area contributed by atoms with Crippen LogP contribution < -0.4 is 4.90 Å². The number of nitro benzene ring substituents is 1. The predicted octanol–water partition coefficient (Wildman–Crippen LogP) is 4.56. The molecule has 1 heterocycles. The molecular formula is C18H14N2O3S2. The molecule has 0 N–H and O–H groups in total. The van der Waals surface area contributed by atoms with E-state index in [0.717, 1.165) is 17.7 Å². The number of para-hydroxylation sites is 1. The van der Waals surface area contributed by atoms with E-state index in [1.165, 1.54) is 28.8 Å². The third kappa shape index (κ3) is 3.47. The zero-order chi connectivity index (χ0) is 18.0. The summed E-state index contributed by atoms with van der Waals surface area (Å²) in [5.41, 5.74) is 2.41. The number of thiocarbonyl (C=S) groups is 1. The summed E-state index contributed by atoms with van der Waals surface area (Å²) in [6.07, 6.45) is 2.43. The van der Waals surface area contributed by atoms with Gasteiger partial charge >= 0.3 is 0 Å². The Morgan fingerprint density at radius 1 is 1.24 bits per heavy atom. The normalized spacial score (nSPS) is 15.9. The first-order valence-corrected chi connectivity index (χ1v) is 8.84. The number of carbonyl (C=O) groups excluding carboxylic acids is 1. The molecular weight excluding hydrogens is 356 g/mol. The molecule has 0 spiro atoms. The molecule has 2 aromatic carbocycles. The van der Waals surface area contributed by atoms with E-state index >= 15 is 0 Å². The van der Waals surface area contributed by atoms with E-state index in [1.807, 2.05) is 31.2 Å². The highest BCUT2D eigenvalue weighted by Gasteiger charge is 2.34. The highest BCUT2D eigenvalue weighted by atomic mass is 32.2. The Hall–Kier alpha value is -2.51. The Balaban J connectivity index is 1.96. The van der Waals surface area contributed by atoms with Crippen molar-refractivity contribution in [1.29, 1.82) is 0 Å². The lowest BCUT2D eigenvalue weighted by molar-refractivity contribution is -0.384. The van der Waals surface area contributed by atoms with Gasteiger partial charge < -0.3 is 0 Å². The lowest BCUT2D eigenvalue weighted by atomic mass is 10.1. The van der Waals surface area contributed by atoms with Crippen LogP contribution in [0.25, 0.3) is 6.08 Å². The van der Waals surface area contributed by atoms with Crippen LogP contribution in [-0.4, -0.2) is 15.2 Å². The second-order valence-corrected chi connectivity index (χ2v) is 7.03. The van der Waals surface area contributed by atoms with Crippen LogP contribution in [0.2, 0.25) is 0 Å². The molecule has 126 valence electrons. The van der Waals surface area contributed by atoms with E-state index in [4.69, 9.17) is 12.2 Å². The van der Waals surface area contributed by atoms with Crippen molar-refractivity contribution in [3.63, 3.8) is 0 Å². The standard InChI is InChI=1S/C18H14N2O3S2/c1-2-13-7-3-4-9-15(13)19-17(21)16(25-18(19)24)11-12-6-5-8-14(10-12)20(22)23/h3-11H,2H2,1H3. The molecule has 25 heavy (non-hydrogen) atoms. The maximum atomic E-state index is 12.8. The van der Waals surface area contributed by atoms with Crippen LogP contribution in [0.4, 0.5) is 11.4 Å². The van der Waals surface area contributed by atoms with Gasteiger partial charge in [0.05, 0.1) is 15.5 Å². The maximum absolute atomic E-state index is 12.8. The first kappa shape index (κ1) is 17.3. The second kappa shape index (κ2) is 7.16. The number of benzene rings is 2. The third-order valence-electron chi connectivity index (χ3n) is 3.79. The fourth-order valence-electron chi connectivity index (χ4n) is 2.58. The van der Waals surface area contributed by atoms with Crippen molar-refractivity contribution in [3.05, 3.63) is 74.7 Å². The summed E-state index contributed by atoms with van der Waals surface area (Å²) in [5.74, 6) is -0.206. The molecule has 3 rings (SSSR count). The van der Waals surface area contributed by atoms with Crippen LogP contribution in [0.1, 0.15) is 18.1 Å². The SMILES string of the molecule is CCc1ccccc1N1C(=O)C(=Cc2cccc([N+](=O)[O-])c2)SC1=S. The maximum Gasteiger partial charge on any atom is 0.270 e. The van der Waals surface area contributed by atoms with Crippen LogP contribution in [0.5, 0.6) is 0 Å². The fraction of sp³-hybridized carbons (Fsp3) is 0.111. The van der Waals surface area contributed by atoms with Crippen LogP contribution in [0.3, 0.4) is 0 Å². The third-order valence-corrected chi connectivity index (χ3v) is 5.09. The first-order valence-electron chi connectivity index (χ1n) is 7.61. The van der Waals surface area contributed by atoms with Crippen LogP contribution in [-0.2, 0) is 11.2 Å². The molecule has 2 aromatic rings. The Kier molecular flexibility index (Phi) is 4.96. The molecule has 0 unspecified atom stereocenters. The van der Waals surface area contributed by atoms with Crippen molar-refractivity contribution in [2.24, 2.45) is 0 Å². The van der Waals surface area contributed by atoms with E-state index in [-0.39, 0.29) is 11.6 Å². The minimum atomic E-state index is -0.458. The van der Waals surface area contributed by atoms with Gasteiger partial charge in [0.25, 0.3) is 11.6 Å². The van der Waals surface area contributed by atoms with Gasteiger partial charge in [-0.1, -0.05) is 61.2 Å². The second-order valence-electron chi connectivity index (χ2n) is 5.35. The Morgan fingerprint density at radius 3 is 2.72 bits per heavy atom. The van der Waals surface area contributed by atoms with Gasteiger partial charge in [-0.2, -0.15) is 0 Å². The minimum absolute atomic E-state index is 0.0134. The number of carbonyl (C=O) groups is 1. The van der Waals surface area contributed by atoms with Gasteiger partial charge in [-0.15, -0.1) is 0 Å². The van der Waals surface area contributed by atoms with Crippen LogP contribution >= 0.6 is 24.0 Å². The van der Waals surface area contributed by atoms with Crippen molar-refractivity contribution in [3.8, 4) is 0 Å². The smallest absolute Gasteiger partial charge is 0.268 e. The van der Waals surface area contributed by atoms with Crippen molar-refractivity contribution in [1.82, 2.24) is 0 Å². The summed E-state index contributed by atoms with van der Waals surface area (Å²) >= 11 is 6.59. The predicted molar refractivity (Wildman–Crippen MR) is 105 cm³/mol. The molecule has 1 aliphatic rings. The number of aryl methyl sites for hydroxylation is 1. The summed E-state index contributed by atoms with van der Waals surface area (Å²) in [6.45, 7) is 2.02. The largest absolute Gasteiger partial charge is 0.270 e. The van der Waals surface area contributed by atoms with Gasteiger partial charge in [-0.25, -0.2) is 0 Å². The van der Waals surface area contributed by atoms with Gasteiger partial charge in [0.2, 0.25) is 0 Å². The molecule has 0 bridgehead atoms. The van der Waals surface area contributed by atoms with Gasteiger partial charge in [-0.3, -0.25) is 19.8 Å². The average Bonchev–Trinajstić information content (AvgIpc) is 2.88. The molecule has 1 amide bonds. The minimum Gasteiger partial charge on any atom is -0.268 e. The Morgan fingerprint density at radius 2 is 2.00 bits per heavy atom. The number of hydrogen-bond donors (Lipinski definition) is 0. The molecule has 1 fully saturated rings. The van der Waals surface area contributed by atoms with E-state index in [0.29, 0.717) is 14.8 Å². The molecule has 1 aliphatic heterocycles. The summed E-state index contributed by atoms with van der Waals surface area (Å²) in [4.78, 5) is 25.2. The summed E-state index contributed by atoms with van der Waals surface area (Å²) in [6, 6.07) is 13.8. The fourth-order valence-corrected chi connectivity index (χ4v) is 3.87. The topological polar surface area (TPSA) is 63.5 Å². The Bertz CT molecular complexity index is 909. The zero-order valence-electron chi connectivity index (χ0n) is 13.3. The molecule has 0 aromatic heterocycles. The van der Waals surface area contributed by atoms with E-state index in [2.05, 4.69) is 0 Å². The number of non-ortho nitro benzene ring substituents is 1. The molecule has 0 saturated carbocycles. The number of rotatable bonds is 4. The molecule has 7 heteroatoms. The summed E-state index contributed by atoms with van der Waals surface area (Å²) < 4.78 is 0.461. The number of nitrogens with zero attached hydrogens (tertiary/aromatic N) is 2. The van der Waals surface area contributed by atoms with Crippen molar-refractivity contribution < 1.29 is 9.72 Å². The van der Waals surface area contributed by atoms with Crippen molar-refractivity contribution in [2.75, 3.05) is 4.90 Å². The number of amides is 1. The number of hydrogen-bond acceptors (Lipinski definition) is 5. The number of thioether (sulfide) groups is 1. The molecule has 5 nitrogen and oxygen atoms in total. The molecule has 0 atom stereocenters.